The van der Waals surface area contributed by atoms with E-state index in [1.807, 2.05) is 43.4 Å². The lowest BCUT2D eigenvalue weighted by Crippen LogP contribution is -2.19. The second kappa shape index (κ2) is 7.95. The molecule has 1 heterocycles. The van der Waals surface area contributed by atoms with Crippen LogP contribution in [0.25, 0.3) is 22.2 Å². The van der Waals surface area contributed by atoms with E-state index >= 15 is 0 Å². The minimum absolute atomic E-state index is 0.582. The molecule has 0 saturated heterocycles. The van der Waals surface area contributed by atoms with Crippen LogP contribution < -0.4 is 4.74 Å². The predicted octanol–water partition coefficient (Wildman–Crippen LogP) is 3.93. The van der Waals surface area contributed by atoms with E-state index in [1.165, 1.54) is 0 Å². The van der Waals surface area contributed by atoms with E-state index in [2.05, 4.69) is 23.6 Å². The van der Waals surface area contributed by atoms with Gasteiger partial charge in [-0.3, -0.25) is 0 Å². The number of fused-ring (bicyclic) bond motifs is 1. The summed E-state index contributed by atoms with van der Waals surface area (Å²) in [5.41, 5.74) is 4.60. The Morgan fingerprint density at radius 1 is 1.26 bits per heavy atom. The van der Waals surface area contributed by atoms with Crippen molar-refractivity contribution < 1.29 is 8.95 Å². The first-order valence-corrected chi connectivity index (χ1v) is 10.3. The summed E-state index contributed by atoms with van der Waals surface area (Å²) in [6, 6.07) is 16.3. The number of hydrogen-bond acceptors (Lipinski definition) is 3. The van der Waals surface area contributed by atoms with Gasteiger partial charge in [-0.15, -0.1) is 0 Å². The molecule has 2 aromatic carbocycles. The number of ether oxygens (including phenoxy) is 1. The number of aryl methyl sites for hydroxylation is 1. The van der Waals surface area contributed by atoms with Crippen molar-refractivity contribution in [1.29, 1.82) is 5.26 Å². The molecule has 6 heteroatoms. The third-order valence-corrected chi connectivity index (χ3v) is 5.75. The quantitative estimate of drug-likeness (QED) is 0.650. The maximum atomic E-state index is 11.7. The number of hydrogen-bond donors (Lipinski definition) is 0. The maximum Gasteiger partial charge on any atom is 0.120 e. The fraction of sp³-hybridized carbons (Fsp3) is 0.286. The van der Waals surface area contributed by atoms with Crippen molar-refractivity contribution in [3.63, 3.8) is 0 Å². The standard InChI is InChI=1S/C21H23N3O2S/c1-5-24-20-12-17(26-3)9-10-18(20)19(13-22)21(24)16-8-6-7-15(11-16)14-23(2)27(4)25/h6-12H,5,14H2,1-4H3. The van der Waals surface area contributed by atoms with Crippen LogP contribution in [0, 0.1) is 11.3 Å². The third-order valence-electron chi connectivity index (χ3n) is 4.74. The molecule has 0 amide bonds. The molecule has 0 bridgehead atoms. The Balaban J connectivity index is 2.19. The van der Waals surface area contributed by atoms with Crippen LogP contribution in [-0.4, -0.2) is 33.5 Å². The molecular weight excluding hydrogens is 358 g/mol. The Morgan fingerprint density at radius 2 is 2.04 bits per heavy atom. The first kappa shape index (κ1) is 19.2. The molecule has 0 aliphatic rings. The van der Waals surface area contributed by atoms with E-state index in [0.717, 1.165) is 40.0 Å². The van der Waals surface area contributed by atoms with Gasteiger partial charge < -0.3 is 9.30 Å². The Bertz CT molecular complexity index is 1050. The van der Waals surface area contributed by atoms with Gasteiger partial charge in [0.05, 0.1) is 34.9 Å². The summed E-state index contributed by atoms with van der Waals surface area (Å²) in [5, 5.41) is 10.8. The molecule has 0 aliphatic heterocycles. The van der Waals surface area contributed by atoms with Crippen molar-refractivity contribution in [2.75, 3.05) is 20.4 Å². The Labute approximate surface area is 162 Å². The molecule has 3 aromatic rings. The molecular formula is C21H23N3O2S. The fourth-order valence-corrected chi connectivity index (χ4v) is 3.69. The summed E-state index contributed by atoms with van der Waals surface area (Å²) in [7, 11) is 2.45. The second-order valence-electron chi connectivity index (χ2n) is 6.37. The van der Waals surface area contributed by atoms with Crippen LogP contribution >= 0.6 is 0 Å². The van der Waals surface area contributed by atoms with E-state index in [4.69, 9.17) is 4.74 Å². The number of nitrogens with zero attached hydrogens (tertiary/aromatic N) is 3. The molecule has 1 aromatic heterocycles. The molecule has 1 unspecified atom stereocenters. The number of benzene rings is 2. The lowest BCUT2D eigenvalue weighted by molar-refractivity contribution is 0.415. The van der Waals surface area contributed by atoms with Crippen molar-refractivity contribution in [3.05, 3.63) is 53.6 Å². The Hall–Kier alpha value is -2.62. The Kier molecular flexibility index (Phi) is 5.64. The van der Waals surface area contributed by atoms with E-state index < -0.39 is 11.0 Å². The number of aromatic nitrogens is 1. The molecule has 1 atom stereocenters. The van der Waals surface area contributed by atoms with Gasteiger partial charge in [0.2, 0.25) is 0 Å². The van der Waals surface area contributed by atoms with E-state index in [1.54, 1.807) is 17.7 Å². The van der Waals surface area contributed by atoms with Gasteiger partial charge in [-0.05, 0) is 36.2 Å². The van der Waals surface area contributed by atoms with E-state index in [9.17, 15) is 9.47 Å². The van der Waals surface area contributed by atoms with Crippen LogP contribution in [0.4, 0.5) is 0 Å². The summed E-state index contributed by atoms with van der Waals surface area (Å²) < 4.78 is 21.0. The largest absolute Gasteiger partial charge is 0.497 e. The van der Waals surface area contributed by atoms with Crippen molar-refractivity contribution in [1.82, 2.24) is 8.87 Å². The maximum absolute atomic E-state index is 11.7. The van der Waals surface area contributed by atoms with Crippen LogP contribution in [0.1, 0.15) is 18.1 Å². The molecule has 5 nitrogen and oxygen atoms in total. The zero-order chi connectivity index (χ0) is 19.6. The molecule has 0 N–H and O–H groups in total. The Morgan fingerprint density at radius 3 is 2.67 bits per heavy atom. The average Bonchev–Trinajstić information content (AvgIpc) is 3.00. The molecule has 0 radical (unpaired) electrons. The van der Waals surface area contributed by atoms with Crippen LogP contribution in [0.5, 0.6) is 5.75 Å². The fourth-order valence-electron chi connectivity index (χ4n) is 3.36. The van der Waals surface area contributed by atoms with Gasteiger partial charge in [-0.2, -0.15) is 5.26 Å². The number of nitriles is 1. The molecule has 3 rings (SSSR count). The molecule has 0 saturated carbocycles. The van der Waals surface area contributed by atoms with E-state index in [0.29, 0.717) is 12.1 Å². The van der Waals surface area contributed by atoms with Crippen LogP contribution in [0.15, 0.2) is 42.5 Å². The summed E-state index contributed by atoms with van der Waals surface area (Å²) in [6.07, 6.45) is 1.67. The van der Waals surface area contributed by atoms with Gasteiger partial charge in [0.15, 0.2) is 0 Å². The zero-order valence-corrected chi connectivity index (χ0v) is 16.8. The average molecular weight is 382 g/mol. The highest BCUT2D eigenvalue weighted by atomic mass is 32.2. The highest BCUT2D eigenvalue weighted by Crippen LogP contribution is 2.35. The minimum atomic E-state index is -1.03. The number of rotatable bonds is 6. The summed E-state index contributed by atoms with van der Waals surface area (Å²) >= 11 is 0. The lowest BCUT2D eigenvalue weighted by atomic mass is 10.0. The monoisotopic (exact) mass is 381 g/mol. The summed E-state index contributed by atoms with van der Waals surface area (Å²) in [4.78, 5) is 0. The van der Waals surface area contributed by atoms with Crippen LogP contribution in [0.2, 0.25) is 0 Å². The van der Waals surface area contributed by atoms with Gasteiger partial charge >= 0.3 is 0 Å². The lowest BCUT2D eigenvalue weighted by Gasteiger charge is -2.14. The smallest absolute Gasteiger partial charge is 0.120 e. The SMILES string of the molecule is CCn1c(-c2cccc(CN(C)S(C)=O)c2)c(C#N)c2ccc(OC)cc21. The highest BCUT2D eigenvalue weighted by molar-refractivity contribution is 7.81. The molecule has 0 spiro atoms. The molecule has 140 valence electrons. The third kappa shape index (κ3) is 3.61. The van der Waals surface area contributed by atoms with E-state index in [-0.39, 0.29) is 0 Å². The van der Waals surface area contributed by atoms with Gasteiger partial charge in [0, 0.05) is 37.8 Å². The summed E-state index contributed by atoms with van der Waals surface area (Å²) in [6.45, 7) is 3.39. The van der Waals surface area contributed by atoms with Crippen molar-refractivity contribution in [2.45, 2.75) is 20.0 Å². The van der Waals surface area contributed by atoms with Crippen LogP contribution in [0.3, 0.4) is 0 Å². The normalized spacial score (nSPS) is 12.3. The van der Waals surface area contributed by atoms with Gasteiger partial charge in [-0.1, -0.05) is 18.2 Å². The molecule has 0 aliphatic carbocycles. The minimum Gasteiger partial charge on any atom is -0.497 e. The first-order valence-electron chi connectivity index (χ1n) is 8.74. The van der Waals surface area contributed by atoms with Crippen molar-refractivity contribution in [2.24, 2.45) is 0 Å². The summed E-state index contributed by atoms with van der Waals surface area (Å²) in [5.74, 6) is 0.770. The number of methoxy groups -OCH3 is 1. The van der Waals surface area contributed by atoms with Crippen molar-refractivity contribution in [3.8, 4) is 23.1 Å². The second-order valence-corrected chi connectivity index (χ2v) is 7.84. The molecule has 27 heavy (non-hydrogen) atoms. The zero-order valence-electron chi connectivity index (χ0n) is 16.0. The molecule has 0 fully saturated rings. The topological polar surface area (TPSA) is 58.3 Å². The van der Waals surface area contributed by atoms with Gasteiger partial charge in [-0.25, -0.2) is 8.51 Å². The van der Waals surface area contributed by atoms with Crippen LogP contribution in [-0.2, 0) is 24.1 Å². The predicted molar refractivity (Wildman–Crippen MR) is 110 cm³/mol. The first-order chi connectivity index (χ1) is 13.0. The highest BCUT2D eigenvalue weighted by Gasteiger charge is 2.19. The van der Waals surface area contributed by atoms with Gasteiger partial charge in [0.25, 0.3) is 0 Å². The van der Waals surface area contributed by atoms with Gasteiger partial charge in [0.1, 0.15) is 11.8 Å². The van der Waals surface area contributed by atoms with Crippen molar-refractivity contribution >= 4 is 21.9 Å².